The van der Waals surface area contributed by atoms with Gasteiger partial charge in [0.05, 0.1) is 6.42 Å². The second kappa shape index (κ2) is 5.37. The number of hydrogen-bond acceptors (Lipinski definition) is 4. The summed E-state index contributed by atoms with van der Waals surface area (Å²) in [6.07, 6.45) is 0.339. The molecule has 0 fully saturated rings. The molecular formula is C11H10BrN3OS. The van der Waals surface area contributed by atoms with Crippen LogP contribution in [0.1, 0.15) is 10.6 Å². The van der Waals surface area contributed by atoms with E-state index < -0.39 is 0 Å². The molecule has 2 rings (SSSR count). The first-order valence-electron chi connectivity index (χ1n) is 4.98. The van der Waals surface area contributed by atoms with Crippen LogP contribution in [-0.2, 0) is 11.2 Å². The van der Waals surface area contributed by atoms with Gasteiger partial charge in [0, 0.05) is 4.47 Å². The van der Waals surface area contributed by atoms with Gasteiger partial charge in [0.2, 0.25) is 11.0 Å². The van der Waals surface area contributed by atoms with Crippen LogP contribution in [-0.4, -0.2) is 16.1 Å². The van der Waals surface area contributed by atoms with Gasteiger partial charge in [-0.3, -0.25) is 4.79 Å². The topological polar surface area (TPSA) is 54.9 Å². The normalized spacial score (nSPS) is 10.2. The molecule has 0 saturated heterocycles. The molecule has 1 aromatic carbocycles. The SMILES string of the molecule is Cc1nnc(NC(=O)Cc2ccc(Br)cc2)s1. The van der Waals surface area contributed by atoms with Crippen molar-refractivity contribution in [1.29, 1.82) is 0 Å². The zero-order chi connectivity index (χ0) is 12.3. The van der Waals surface area contributed by atoms with Crippen LogP contribution in [0.15, 0.2) is 28.7 Å². The summed E-state index contributed by atoms with van der Waals surface area (Å²) in [4.78, 5) is 11.7. The molecule has 0 aliphatic carbocycles. The number of nitrogens with zero attached hydrogens (tertiary/aromatic N) is 2. The minimum atomic E-state index is -0.0801. The van der Waals surface area contributed by atoms with Gasteiger partial charge in [-0.2, -0.15) is 0 Å². The van der Waals surface area contributed by atoms with E-state index in [2.05, 4.69) is 31.4 Å². The minimum absolute atomic E-state index is 0.0801. The van der Waals surface area contributed by atoms with E-state index in [0.717, 1.165) is 15.0 Å². The van der Waals surface area contributed by atoms with Crippen LogP contribution >= 0.6 is 27.3 Å². The third-order valence-electron chi connectivity index (χ3n) is 2.05. The van der Waals surface area contributed by atoms with Crippen LogP contribution < -0.4 is 5.32 Å². The van der Waals surface area contributed by atoms with E-state index in [1.807, 2.05) is 31.2 Å². The summed E-state index contributed by atoms with van der Waals surface area (Å²) in [6.45, 7) is 1.85. The van der Waals surface area contributed by atoms with E-state index in [4.69, 9.17) is 0 Å². The molecule has 1 heterocycles. The average Bonchev–Trinajstić information content (AvgIpc) is 2.67. The zero-order valence-corrected chi connectivity index (χ0v) is 11.5. The molecular weight excluding hydrogens is 302 g/mol. The van der Waals surface area contributed by atoms with E-state index in [1.165, 1.54) is 11.3 Å². The predicted octanol–water partition coefficient (Wildman–Crippen LogP) is 2.79. The summed E-state index contributed by atoms with van der Waals surface area (Å²) >= 11 is 4.72. The highest BCUT2D eigenvalue weighted by Crippen LogP contribution is 2.15. The molecule has 1 N–H and O–H groups in total. The molecule has 17 heavy (non-hydrogen) atoms. The maximum atomic E-state index is 11.7. The largest absolute Gasteiger partial charge is 0.300 e. The molecule has 2 aromatic rings. The Morgan fingerprint density at radius 3 is 2.65 bits per heavy atom. The fraction of sp³-hybridized carbons (Fsp3) is 0.182. The molecule has 1 aromatic heterocycles. The Balaban J connectivity index is 1.95. The van der Waals surface area contributed by atoms with Crippen LogP contribution in [0.4, 0.5) is 5.13 Å². The Bertz CT molecular complexity index is 524. The highest BCUT2D eigenvalue weighted by atomic mass is 79.9. The minimum Gasteiger partial charge on any atom is -0.300 e. The summed E-state index contributed by atoms with van der Waals surface area (Å²) in [5.74, 6) is -0.0801. The Morgan fingerprint density at radius 1 is 1.35 bits per heavy atom. The van der Waals surface area contributed by atoms with Gasteiger partial charge in [0.15, 0.2) is 0 Å². The number of halogens is 1. The standard InChI is InChI=1S/C11H10BrN3OS/c1-7-14-15-11(17-7)13-10(16)6-8-2-4-9(12)5-3-8/h2-5H,6H2,1H3,(H,13,15,16). The Kier molecular flexibility index (Phi) is 3.86. The van der Waals surface area contributed by atoms with Crippen molar-refractivity contribution in [2.75, 3.05) is 5.32 Å². The number of aromatic nitrogens is 2. The summed E-state index contributed by atoms with van der Waals surface area (Å²) in [7, 11) is 0. The summed E-state index contributed by atoms with van der Waals surface area (Å²) in [5.41, 5.74) is 0.965. The molecule has 0 radical (unpaired) electrons. The first-order valence-corrected chi connectivity index (χ1v) is 6.59. The number of nitrogens with one attached hydrogen (secondary N) is 1. The molecule has 1 amide bonds. The van der Waals surface area contributed by atoms with Crippen molar-refractivity contribution in [2.24, 2.45) is 0 Å². The zero-order valence-electron chi connectivity index (χ0n) is 9.11. The van der Waals surface area contributed by atoms with Crippen LogP contribution in [0.25, 0.3) is 0 Å². The van der Waals surface area contributed by atoms with E-state index in [9.17, 15) is 4.79 Å². The van der Waals surface area contributed by atoms with Crippen LogP contribution in [0.2, 0.25) is 0 Å². The lowest BCUT2D eigenvalue weighted by Crippen LogP contribution is -2.14. The summed E-state index contributed by atoms with van der Waals surface area (Å²) < 4.78 is 1.00. The van der Waals surface area contributed by atoms with Gasteiger partial charge in [-0.15, -0.1) is 10.2 Å². The van der Waals surface area contributed by atoms with Gasteiger partial charge in [0.1, 0.15) is 5.01 Å². The van der Waals surface area contributed by atoms with Crippen LogP contribution in [0.3, 0.4) is 0 Å². The highest BCUT2D eigenvalue weighted by Gasteiger charge is 2.07. The monoisotopic (exact) mass is 311 g/mol. The smallest absolute Gasteiger partial charge is 0.230 e. The van der Waals surface area contributed by atoms with Gasteiger partial charge in [-0.25, -0.2) is 0 Å². The molecule has 0 bridgehead atoms. The number of anilines is 1. The number of benzene rings is 1. The van der Waals surface area contributed by atoms with E-state index in [1.54, 1.807) is 0 Å². The van der Waals surface area contributed by atoms with Crippen molar-refractivity contribution in [1.82, 2.24) is 10.2 Å². The summed E-state index contributed by atoms with van der Waals surface area (Å²) in [5, 5.41) is 11.8. The Morgan fingerprint density at radius 2 is 2.06 bits per heavy atom. The third-order valence-corrected chi connectivity index (χ3v) is 3.33. The molecule has 0 spiro atoms. The molecule has 6 heteroatoms. The van der Waals surface area contributed by atoms with Crippen molar-refractivity contribution in [3.8, 4) is 0 Å². The van der Waals surface area contributed by atoms with Gasteiger partial charge >= 0.3 is 0 Å². The first-order chi connectivity index (χ1) is 8.13. The highest BCUT2D eigenvalue weighted by molar-refractivity contribution is 9.10. The molecule has 0 saturated carbocycles. The average molecular weight is 312 g/mol. The Labute approximate surface area is 111 Å². The molecule has 0 atom stereocenters. The van der Waals surface area contributed by atoms with E-state index in [0.29, 0.717) is 11.6 Å². The maximum absolute atomic E-state index is 11.7. The van der Waals surface area contributed by atoms with Crippen molar-refractivity contribution in [3.05, 3.63) is 39.3 Å². The van der Waals surface area contributed by atoms with Crippen molar-refractivity contribution in [3.63, 3.8) is 0 Å². The summed E-state index contributed by atoms with van der Waals surface area (Å²) in [6, 6.07) is 7.65. The number of aryl methyl sites for hydroxylation is 1. The molecule has 0 aliphatic heterocycles. The number of rotatable bonds is 3. The Hall–Kier alpha value is -1.27. The molecule has 0 unspecified atom stereocenters. The van der Waals surface area contributed by atoms with E-state index >= 15 is 0 Å². The van der Waals surface area contributed by atoms with Crippen LogP contribution in [0.5, 0.6) is 0 Å². The quantitative estimate of drug-likeness (QED) is 0.948. The number of amides is 1. The van der Waals surface area contributed by atoms with Gasteiger partial charge in [0.25, 0.3) is 0 Å². The van der Waals surface area contributed by atoms with Gasteiger partial charge < -0.3 is 5.32 Å². The molecule has 0 aliphatic rings. The van der Waals surface area contributed by atoms with Crippen molar-refractivity contribution < 1.29 is 4.79 Å². The van der Waals surface area contributed by atoms with Crippen molar-refractivity contribution >= 4 is 38.3 Å². The molecule has 88 valence electrons. The number of carbonyl (C=O) groups is 1. The second-order valence-corrected chi connectivity index (χ2v) is 5.57. The third kappa shape index (κ3) is 3.61. The predicted molar refractivity (Wildman–Crippen MR) is 71.1 cm³/mol. The lowest BCUT2D eigenvalue weighted by Gasteiger charge is -2.01. The van der Waals surface area contributed by atoms with Gasteiger partial charge in [-0.1, -0.05) is 39.4 Å². The lowest BCUT2D eigenvalue weighted by atomic mass is 10.1. The fourth-order valence-electron chi connectivity index (χ4n) is 1.30. The van der Waals surface area contributed by atoms with Crippen LogP contribution in [0, 0.1) is 6.92 Å². The van der Waals surface area contributed by atoms with Gasteiger partial charge in [-0.05, 0) is 24.6 Å². The maximum Gasteiger partial charge on any atom is 0.230 e. The van der Waals surface area contributed by atoms with Crippen molar-refractivity contribution in [2.45, 2.75) is 13.3 Å². The second-order valence-electron chi connectivity index (χ2n) is 3.48. The first kappa shape index (κ1) is 12.2. The fourth-order valence-corrected chi connectivity index (χ4v) is 2.17. The molecule has 4 nitrogen and oxygen atoms in total. The number of carbonyl (C=O) groups excluding carboxylic acids is 1. The lowest BCUT2D eigenvalue weighted by molar-refractivity contribution is -0.115. The van der Waals surface area contributed by atoms with E-state index in [-0.39, 0.29) is 5.91 Å². The number of hydrogen-bond donors (Lipinski definition) is 1.